The van der Waals surface area contributed by atoms with Crippen molar-refractivity contribution in [3.63, 3.8) is 0 Å². The van der Waals surface area contributed by atoms with Crippen LogP contribution in [0.2, 0.25) is 0 Å². The Labute approximate surface area is 114 Å². The van der Waals surface area contributed by atoms with Crippen LogP contribution in [0.15, 0.2) is 11.6 Å². The summed E-state index contributed by atoms with van der Waals surface area (Å²) in [5.74, 6) is -0.302. The third-order valence-electron chi connectivity index (χ3n) is 5.29. The van der Waals surface area contributed by atoms with E-state index in [0.29, 0.717) is 5.13 Å². The van der Waals surface area contributed by atoms with Crippen LogP contribution in [0.1, 0.15) is 26.7 Å². The predicted octanol–water partition coefficient (Wildman–Crippen LogP) is 1.59. The van der Waals surface area contributed by atoms with Crippen LogP contribution in [-0.2, 0) is 14.3 Å². The quantitative estimate of drug-likeness (QED) is 0.732. The molecule has 0 spiro atoms. The van der Waals surface area contributed by atoms with Crippen LogP contribution in [0.3, 0.4) is 0 Å². The Morgan fingerprint density at radius 3 is 2.32 bits per heavy atom. The fraction of sp³-hybridized carbons (Fsp3) is 0.615. The number of ether oxygens (including phenoxy) is 1. The summed E-state index contributed by atoms with van der Waals surface area (Å²) in [6, 6.07) is 0. The predicted molar refractivity (Wildman–Crippen MR) is 68.7 cm³/mol. The summed E-state index contributed by atoms with van der Waals surface area (Å²) in [7, 11) is 0. The van der Waals surface area contributed by atoms with E-state index in [-0.39, 0.29) is 24.0 Å². The maximum atomic E-state index is 12.8. The van der Waals surface area contributed by atoms with Gasteiger partial charge in [-0.2, -0.15) is 0 Å². The molecule has 0 unspecified atom stereocenters. The standard InChI is InChI=1S/C13H14N2O3S/c1-12-7-3-4-8(18-7)13(12,2)10(17)15(9(12)16)11-14-5-6-19-11/h5-8H,3-4H2,1-2H3/t7-,8-,12+,13+/m0/s1. The van der Waals surface area contributed by atoms with Crippen molar-refractivity contribution >= 4 is 28.3 Å². The molecule has 0 saturated carbocycles. The molecule has 3 aliphatic rings. The van der Waals surface area contributed by atoms with Crippen molar-refractivity contribution in [1.29, 1.82) is 0 Å². The van der Waals surface area contributed by atoms with Crippen molar-refractivity contribution < 1.29 is 14.3 Å². The van der Waals surface area contributed by atoms with Gasteiger partial charge in [-0.1, -0.05) is 0 Å². The Balaban J connectivity index is 1.90. The number of anilines is 1. The lowest BCUT2D eigenvalue weighted by atomic mass is 9.59. The normalized spacial score (nSPS) is 44.2. The molecule has 3 aliphatic heterocycles. The van der Waals surface area contributed by atoms with E-state index in [0.717, 1.165) is 12.8 Å². The number of hydrogen-bond donors (Lipinski definition) is 0. The third-order valence-corrected chi connectivity index (χ3v) is 6.05. The summed E-state index contributed by atoms with van der Waals surface area (Å²) < 4.78 is 5.87. The highest BCUT2D eigenvalue weighted by molar-refractivity contribution is 7.14. The van der Waals surface area contributed by atoms with E-state index in [1.165, 1.54) is 16.2 Å². The first kappa shape index (κ1) is 11.5. The van der Waals surface area contributed by atoms with Gasteiger partial charge in [0.25, 0.3) is 0 Å². The Morgan fingerprint density at radius 2 is 1.84 bits per heavy atom. The molecule has 2 bridgehead atoms. The molecule has 6 heteroatoms. The van der Waals surface area contributed by atoms with Crippen molar-refractivity contribution in [2.24, 2.45) is 10.8 Å². The Bertz CT molecular complexity index is 553. The fourth-order valence-electron chi connectivity index (χ4n) is 3.93. The van der Waals surface area contributed by atoms with E-state index in [1.807, 2.05) is 13.8 Å². The van der Waals surface area contributed by atoms with Gasteiger partial charge in [-0.25, -0.2) is 9.88 Å². The number of aromatic nitrogens is 1. The monoisotopic (exact) mass is 278 g/mol. The number of rotatable bonds is 1. The van der Waals surface area contributed by atoms with Crippen molar-refractivity contribution in [3.8, 4) is 0 Å². The minimum absolute atomic E-state index is 0.135. The third kappa shape index (κ3) is 1.02. The number of carbonyl (C=O) groups excluding carboxylic acids is 2. The summed E-state index contributed by atoms with van der Waals surface area (Å²) in [6.07, 6.45) is 3.07. The number of amides is 2. The number of thiazole rings is 1. The van der Waals surface area contributed by atoms with Gasteiger partial charge in [0.1, 0.15) is 0 Å². The van der Waals surface area contributed by atoms with Crippen molar-refractivity contribution in [1.82, 2.24) is 4.98 Å². The number of imide groups is 1. The van der Waals surface area contributed by atoms with Gasteiger partial charge in [0.05, 0.1) is 23.0 Å². The Kier molecular flexibility index (Phi) is 1.97. The minimum Gasteiger partial charge on any atom is -0.373 e. The molecule has 0 radical (unpaired) electrons. The van der Waals surface area contributed by atoms with Crippen LogP contribution in [-0.4, -0.2) is 29.0 Å². The molecule has 4 atom stereocenters. The number of fused-ring (bicyclic) bond motifs is 5. The first-order chi connectivity index (χ1) is 9.01. The van der Waals surface area contributed by atoms with Crippen molar-refractivity contribution in [2.45, 2.75) is 38.9 Å². The van der Waals surface area contributed by atoms with E-state index in [2.05, 4.69) is 4.98 Å². The van der Waals surface area contributed by atoms with Crippen LogP contribution in [0.4, 0.5) is 5.13 Å². The average molecular weight is 278 g/mol. The molecule has 1 aromatic heterocycles. The molecule has 5 nitrogen and oxygen atoms in total. The fourth-order valence-corrected chi connectivity index (χ4v) is 4.57. The molecule has 1 aromatic rings. The zero-order valence-corrected chi connectivity index (χ0v) is 11.6. The molecule has 19 heavy (non-hydrogen) atoms. The smallest absolute Gasteiger partial charge is 0.245 e. The topological polar surface area (TPSA) is 59.5 Å². The largest absolute Gasteiger partial charge is 0.373 e. The molecule has 3 saturated heterocycles. The van der Waals surface area contributed by atoms with Gasteiger partial charge >= 0.3 is 0 Å². The summed E-state index contributed by atoms with van der Waals surface area (Å²) in [6.45, 7) is 3.76. The number of carbonyl (C=O) groups is 2. The van der Waals surface area contributed by atoms with E-state index >= 15 is 0 Å². The van der Waals surface area contributed by atoms with Gasteiger partial charge in [-0.05, 0) is 26.7 Å². The van der Waals surface area contributed by atoms with Crippen LogP contribution in [0.25, 0.3) is 0 Å². The summed E-state index contributed by atoms with van der Waals surface area (Å²) in [5, 5.41) is 2.26. The second kappa shape index (κ2) is 3.24. The summed E-state index contributed by atoms with van der Waals surface area (Å²) >= 11 is 1.32. The number of nitrogens with zero attached hydrogens (tertiary/aromatic N) is 2. The average Bonchev–Trinajstić information content (AvgIpc) is 3.11. The van der Waals surface area contributed by atoms with Gasteiger partial charge in [0, 0.05) is 11.6 Å². The van der Waals surface area contributed by atoms with E-state index in [4.69, 9.17) is 4.74 Å². The lowest BCUT2D eigenvalue weighted by Crippen LogP contribution is -2.48. The SMILES string of the molecule is C[C@@]12C(=O)N(c3nccs3)C(=O)[C@@]1(C)[C@@H]1CC[C@@H]2O1. The highest BCUT2D eigenvalue weighted by atomic mass is 32.1. The van der Waals surface area contributed by atoms with Gasteiger partial charge in [0.15, 0.2) is 5.13 Å². The highest BCUT2D eigenvalue weighted by Crippen LogP contribution is 2.64. The van der Waals surface area contributed by atoms with Gasteiger partial charge in [0.2, 0.25) is 11.8 Å². The molecular formula is C13H14N2O3S. The van der Waals surface area contributed by atoms with Crippen LogP contribution >= 0.6 is 11.3 Å². The molecule has 0 aromatic carbocycles. The Morgan fingerprint density at radius 1 is 1.26 bits per heavy atom. The summed E-state index contributed by atoms with van der Waals surface area (Å²) in [5.41, 5.74) is -1.47. The molecule has 2 amide bonds. The molecule has 100 valence electrons. The van der Waals surface area contributed by atoms with E-state index in [9.17, 15) is 9.59 Å². The molecule has 0 N–H and O–H groups in total. The lowest BCUT2D eigenvalue weighted by molar-refractivity contribution is -0.132. The molecule has 4 rings (SSSR count). The maximum Gasteiger partial charge on any atom is 0.245 e. The molecule has 3 fully saturated rings. The van der Waals surface area contributed by atoms with Crippen LogP contribution in [0.5, 0.6) is 0 Å². The van der Waals surface area contributed by atoms with Gasteiger partial charge < -0.3 is 4.74 Å². The lowest BCUT2D eigenvalue weighted by Gasteiger charge is -2.36. The molecular weight excluding hydrogens is 264 g/mol. The molecule has 0 aliphatic carbocycles. The van der Waals surface area contributed by atoms with Crippen LogP contribution < -0.4 is 4.90 Å². The van der Waals surface area contributed by atoms with Gasteiger partial charge in [-0.15, -0.1) is 11.3 Å². The van der Waals surface area contributed by atoms with E-state index < -0.39 is 10.8 Å². The van der Waals surface area contributed by atoms with Crippen LogP contribution in [0, 0.1) is 10.8 Å². The van der Waals surface area contributed by atoms with Crippen molar-refractivity contribution in [2.75, 3.05) is 4.90 Å². The second-order valence-corrected chi connectivity index (χ2v) is 6.73. The molecule has 4 heterocycles. The van der Waals surface area contributed by atoms with E-state index in [1.54, 1.807) is 11.6 Å². The minimum atomic E-state index is -0.737. The Hall–Kier alpha value is -1.27. The first-order valence-electron chi connectivity index (χ1n) is 6.45. The number of hydrogen-bond acceptors (Lipinski definition) is 5. The highest BCUT2D eigenvalue weighted by Gasteiger charge is 2.77. The van der Waals surface area contributed by atoms with Crippen molar-refractivity contribution in [3.05, 3.63) is 11.6 Å². The second-order valence-electron chi connectivity index (χ2n) is 5.86. The van der Waals surface area contributed by atoms with Gasteiger partial charge in [-0.3, -0.25) is 9.59 Å². The zero-order chi connectivity index (χ0) is 13.4. The zero-order valence-electron chi connectivity index (χ0n) is 10.8. The first-order valence-corrected chi connectivity index (χ1v) is 7.33. The summed E-state index contributed by atoms with van der Waals surface area (Å²) in [4.78, 5) is 31.0. The maximum absolute atomic E-state index is 12.8.